The molecule has 0 saturated carbocycles. The number of carbonyl (C=O) groups excluding carboxylic acids is 1. The molecule has 2 heterocycles. The summed E-state index contributed by atoms with van der Waals surface area (Å²) in [4.78, 5) is 23.3. The molecule has 1 amide bonds. The monoisotopic (exact) mass is 423 g/mol. The summed E-state index contributed by atoms with van der Waals surface area (Å²) in [5, 5.41) is 0.518. The van der Waals surface area contributed by atoms with Gasteiger partial charge >= 0.3 is 0 Å². The number of benzene rings is 2. The lowest BCUT2D eigenvalue weighted by Crippen LogP contribution is -2.34. The zero-order valence-electron chi connectivity index (χ0n) is 16.1. The number of halogens is 1. The van der Waals surface area contributed by atoms with Crippen LogP contribution in [0.25, 0.3) is 10.2 Å². The topological polar surface area (TPSA) is 64.5 Å². The Morgan fingerprint density at radius 1 is 1.17 bits per heavy atom. The molecule has 2 aromatic heterocycles. The maximum Gasteiger partial charge on any atom is 0.267 e. The van der Waals surface area contributed by atoms with E-state index in [1.165, 1.54) is 28.4 Å². The number of amides is 1. The van der Waals surface area contributed by atoms with Crippen molar-refractivity contribution in [3.05, 3.63) is 78.4 Å². The number of fused-ring (bicyclic) bond motifs is 1. The molecule has 0 N–H and O–H groups in total. The van der Waals surface area contributed by atoms with Gasteiger partial charge in [-0.15, -0.1) is 0 Å². The van der Waals surface area contributed by atoms with Gasteiger partial charge in [-0.2, -0.15) is 0 Å². The molecule has 0 bridgehead atoms. The smallest absolute Gasteiger partial charge is 0.267 e. The molecular weight excluding hydrogens is 405 g/mol. The van der Waals surface area contributed by atoms with Gasteiger partial charge in [0.05, 0.1) is 23.9 Å². The first-order valence-electron chi connectivity index (χ1n) is 9.15. The van der Waals surface area contributed by atoms with Crippen LogP contribution < -0.4 is 14.4 Å². The van der Waals surface area contributed by atoms with E-state index in [4.69, 9.17) is 9.47 Å². The lowest BCUT2D eigenvalue weighted by atomic mass is 10.2. The molecule has 152 valence electrons. The zero-order valence-corrected chi connectivity index (χ0v) is 16.9. The maximum atomic E-state index is 13.8. The van der Waals surface area contributed by atoms with Crippen LogP contribution in [-0.4, -0.2) is 29.6 Å². The number of methoxy groups -OCH3 is 1. The predicted octanol–water partition coefficient (Wildman–Crippen LogP) is 4.45. The molecule has 4 rings (SSSR count). The van der Waals surface area contributed by atoms with Crippen molar-refractivity contribution in [3.8, 4) is 11.5 Å². The molecule has 2 aromatic carbocycles. The highest BCUT2D eigenvalue weighted by atomic mass is 32.1. The molecule has 4 aromatic rings. The van der Waals surface area contributed by atoms with Crippen LogP contribution in [0.1, 0.15) is 5.56 Å². The predicted molar refractivity (Wildman–Crippen MR) is 113 cm³/mol. The summed E-state index contributed by atoms with van der Waals surface area (Å²) in [6, 6.07) is 15.2. The minimum absolute atomic E-state index is 0.0289. The van der Waals surface area contributed by atoms with Gasteiger partial charge in [0, 0.05) is 12.4 Å². The van der Waals surface area contributed by atoms with Crippen LogP contribution in [0.5, 0.6) is 11.5 Å². The molecule has 0 aliphatic carbocycles. The van der Waals surface area contributed by atoms with Crippen molar-refractivity contribution in [3.63, 3.8) is 0 Å². The van der Waals surface area contributed by atoms with E-state index in [0.717, 1.165) is 15.8 Å². The first kappa shape index (κ1) is 19.8. The van der Waals surface area contributed by atoms with Gasteiger partial charge in [0.25, 0.3) is 5.91 Å². The van der Waals surface area contributed by atoms with Crippen molar-refractivity contribution in [2.75, 3.05) is 18.6 Å². The number of rotatable bonds is 7. The average molecular weight is 423 g/mol. The minimum Gasteiger partial charge on any atom is -0.497 e. The van der Waals surface area contributed by atoms with Crippen molar-refractivity contribution in [1.82, 2.24) is 9.97 Å². The van der Waals surface area contributed by atoms with E-state index in [-0.39, 0.29) is 24.8 Å². The third kappa shape index (κ3) is 4.38. The summed E-state index contributed by atoms with van der Waals surface area (Å²) in [6.45, 7) is -0.0509. The number of aromatic nitrogens is 2. The second-order valence-electron chi connectivity index (χ2n) is 6.39. The van der Waals surface area contributed by atoms with Gasteiger partial charge in [0.15, 0.2) is 23.3 Å². The molecule has 0 saturated heterocycles. The van der Waals surface area contributed by atoms with E-state index < -0.39 is 5.82 Å². The molecular formula is C22H18FN3O3S. The number of hydrogen-bond acceptors (Lipinski definition) is 6. The number of thiazole rings is 1. The van der Waals surface area contributed by atoms with Gasteiger partial charge in [-0.05, 0) is 42.0 Å². The van der Waals surface area contributed by atoms with E-state index >= 15 is 0 Å². The fraction of sp³-hybridized carbons (Fsp3) is 0.136. The zero-order chi connectivity index (χ0) is 20.9. The molecule has 6 nitrogen and oxygen atoms in total. The SMILES string of the molecule is COc1ccc2nc(N(Cc3cccnc3)C(=O)COc3ccccc3F)sc2c1. The second kappa shape index (κ2) is 8.87. The van der Waals surface area contributed by atoms with E-state index in [9.17, 15) is 9.18 Å². The van der Waals surface area contributed by atoms with Crippen molar-refractivity contribution < 1.29 is 18.7 Å². The molecule has 8 heteroatoms. The number of nitrogens with zero attached hydrogens (tertiary/aromatic N) is 3. The molecule has 0 aliphatic rings. The Hall–Kier alpha value is -3.52. The number of pyridine rings is 1. The third-order valence-electron chi connectivity index (χ3n) is 4.37. The molecule has 0 unspecified atom stereocenters. The van der Waals surface area contributed by atoms with E-state index in [0.29, 0.717) is 10.9 Å². The second-order valence-corrected chi connectivity index (χ2v) is 7.40. The van der Waals surface area contributed by atoms with Crippen LogP contribution in [0.4, 0.5) is 9.52 Å². The molecule has 0 radical (unpaired) electrons. The average Bonchev–Trinajstić information content (AvgIpc) is 3.20. The van der Waals surface area contributed by atoms with Crippen LogP contribution in [0.3, 0.4) is 0 Å². The van der Waals surface area contributed by atoms with Gasteiger partial charge in [-0.1, -0.05) is 29.5 Å². The van der Waals surface area contributed by atoms with Crippen LogP contribution in [0, 0.1) is 5.82 Å². The number of ether oxygens (including phenoxy) is 2. The largest absolute Gasteiger partial charge is 0.497 e. The number of hydrogen-bond donors (Lipinski definition) is 0. The fourth-order valence-electron chi connectivity index (χ4n) is 2.85. The Labute approximate surface area is 176 Å². The summed E-state index contributed by atoms with van der Waals surface area (Å²) in [5.74, 6) is -0.115. The van der Waals surface area contributed by atoms with Gasteiger partial charge in [0.1, 0.15) is 5.75 Å². The number of para-hydroxylation sites is 1. The Kier molecular flexibility index (Phi) is 5.85. The first-order valence-corrected chi connectivity index (χ1v) is 9.97. The van der Waals surface area contributed by atoms with Crippen molar-refractivity contribution in [2.45, 2.75) is 6.54 Å². The van der Waals surface area contributed by atoms with Crippen LogP contribution >= 0.6 is 11.3 Å². The number of carbonyl (C=O) groups is 1. The van der Waals surface area contributed by atoms with Gasteiger partial charge < -0.3 is 9.47 Å². The van der Waals surface area contributed by atoms with Gasteiger partial charge in [-0.25, -0.2) is 9.37 Å². The summed E-state index contributed by atoms with van der Waals surface area (Å²) in [6.07, 6.45) is 3.36. The lowest BCUT2D eigenvalue weighted by molar-refractivity contribution is -0.120. The molecule has 0 fully saturated rings. The third-order valence-corrected chi connectivity index (χ3v) is 5.41. The molecule has 0 spiro atoms. The Morgan fingerprint density at radius 2 is 2.03 bits per heavy atom. The summed E-state index contributed by atoms with van der Waals surface area (Å²) in [7, 11) is 1.60. The molecule has 0 atom stereocenters. The summed E-state index contributed by atoms with van der Waals surface area (Å²) >= 11 is 1.37. The Bertz CT molecular complexity index is 1170. The normalized spacial score (nSPS) is 10.7. The Morgan fingerprint density at radius 3 is 2.80 bits per heavy atom. The highest BCUT2D eigenvalue weighted by Crippen LogP contribution is 2.32. The van der Waals surface area contributed by atoms with Crippen molar-refractivity contribution in [1.29, 1.82) is 0 Å². The highest BCUT2D eigenvalue weighted by molar-refractivity contribution is 7.22. The van der Waals surface area contributed by atoms with E-state index in [1.807, 2.05) is 24.3 Å². The van der Waals surface area contributed by atoms with E-state index in [1.54, 1.807) is 37.7 Å². The molecule has 30 heavy (non-hydrogen) atoms. The van der Waals surface area contributed by atoms with Crippen molar-refractivity contribution in [2.24, 2.45) is 0 Å². The highest BCUT2D eigenvalue weighted by Gasteiger charge is 2.21. The standard InChI is InChI=1S/C22H18FN3O3S/c1-28-16-8-9-18-20(11-16)30-22(25-18)26(13-15-5-4-10-24-12-15)21(27)14-29-19-7-3-2-6-17(19)23/h2-12H,13-14H2,1H3. The van der Waals surface area contributed by atoms with E-state index in [2.05, 4.69) is 9.97 Å². The van der Waals surface area contributed by atoms with Crippen molar-refractivity contribution >= 4 is 32.6 Å². The minimum atomic E-state index is -0.517. The Balaban J connectivity index is 1.62. The molecule has 0 aliphatic heterocycles. The van der Waals surface area contributed by atoms with Crippen LogP contribution in [0.15, 0.2) is 67.0 Å². The summed E-state index contributed by atoms with van der Waals surface area (Å²) < 4.78 is 25.4. The van der Waals surface area contributed by atoms with Crippen LogP contribution in [0.2, 0.25) is 0 Å². The number of anilines is 1. The maximum absolute atomic E-state index is 13.8. The first-order chi connectivity index (χ1) is 14.6. The van der Waals surface area contributed by atoms with Crippen LogP contribution in [-0.2, 0) is 11.3 Å². The van der Waals surface area contributed by atoms with Gasteiger partial charge in [-0.3, -0.25) is 14.7 Å². The lowest BCUT2D eigenvalue weighted by Gasteiger charge is -2.20. The summed E-state index contributed by atoms with van der Waals surface area (Å²) in [5.41, 5.74) is 1.60. The quantitative estimate of drug-likeness (QED) is 0.439. The van der Waals surface area contributed by atoms with Gasteiger partial charge in [0.2, 0.25) is 0 Å². The fourth-order valence-corrected chi connectivity index (χ4v) is 3.86.